The molecule has 0 aromatic heterocycles. The van der Waals surface area contributed by atoms with E-state index in [4.69, 9.17) is 39.2 Å². The van der Waals surface area contributed by atoms with Gasteiger partial charge in [0.05, 0.1) is 12.6 Å². The van der Waals surface area contributed by atoms with Crippen LogP contribution in [0.4, 0.5) is 0 Å². The molecule has 1 N–H and O–H groups in total. The molecule has 2 aromatic rings. The highest BCUT2D eigenvalue weighted by atomic mass is 35.6. The second-order valence-corrected chi connectivity index (χ2v) is 19.2. The molecular weight excluding hydrogens is 613 g/mol. The monoisotopic (exact) mass is 665 g/mol. The van der Waals surface area contributed by atoms with Crippen LogP contribution in [0.15, 0.2) is 72.8 Å². The van der Waals surface area contributed by atoms with Crippen LogP contribution in [0.1, 0.15) is 111 Å². The summed E-state index contributed by atoms with van der Waals surface area (Å²) >= 11 is 17.8. The summed E-state index contributed by atoms with van der Waals surface area (Å²) in [5, 5.41) is 5.09. The number of nitrogens with one attached hydrogen (secondary N) is 1. The van der Waals surface area contributed by atoms with E-state index >= 15 is 0 Å². The summed E-state index contributed by atoms with van der Waals surface area (Å²) in [5.74, 6) is -0.649. The summed E-state index contributed by atoms with van der Waals surface area (Å²) in [6.07, 6.45) is 20.9. The molecule has 0 saturated heterocycles. The average molecular weight is 667 g/mol. The van der Waals surface area contributed by atoms with Crippen LogP contribution in [0.3, 0.4) is 0 Å². The van der Waals surface area contributed by atoms with Crippen molar-refractivity contribution in [2.24, 2.45) is 0 Å². The first-order chi connectivity index (χ1) is 20.5. The summed E-state index contributed by atoms with van der Waals surface area (Å²) in [4.78, 5) is 12.7. The summed E-state index contributed by atoms with van der Waals surface area (Å²) in [6.45, 7) is 9.24. The van der Waals surface area contributed by atoms with Gasteiger partial charge >= 0.3 is 0 Å². The van der Waals surface area contributed by atoms with Crippen molar-refractivity contribution in [2.45, 2.75) is 126 Å². The summed E-state index contributed by atoms with van der Waals surface area (Å²) < 4.78 is 5.01. The fourth-order valence-corrected chi connectivity index (χ4v) is 10.5. The molecule has 0 aliphatic heterocycles. The molecule has 0 bridgehead atoms. The van der Waals surface area contributed by atoms with Gasteiger partial charge in [0.1, 0.15) is 0 Å². The van der Waals surface area contributed by atoms with Crippen LogP contribution in [0, 0.1) is 0 Å². The lowest BCUT2D eigenvalue weighted by Gasteiger charge is -2.43. The Bertz CT molecular complexity index is 1010. The number of alkyl halides is 3. The Morgan fingerprint density at radius 2 is 1.21 bits per heavy atom. The van der Waals surface area contributed by atoms with E-state index in [2.05, 4.69) is 87.6 Å². The fourth-order valence-electron chi connectivity index (χ4n) is 5.74. The zero-order chi connectivity index (χ0) is 31.6. The molecule has 0 aliphatic rings. The number of hydrogen-bond donors (Lipinski definition) is 1. The van der Waals surface area contributed by atoms with E-state index in [1.165, 1.54) is 81.0 Å². The van der Waals surface area contributed by atoms with E-state index in [0.29, 0.717) is 0 Å². The first kappa shape index (κ1) is 37.9. The maximum absolute atomic E-state index is 12.7. The Hall–Kier alpha value is -1.30. The quantitative estimate of drug-likeness (QED) is 0.0661. The van der Waals surface area contributed by atoms with Crippen molar-refractivity contribution in [3.63, 3.8) is 0 Å². The number of rotatable bonds is 20. The summed E-state index contributed by atoms with van der Waals surface area (Å²) in [5.41, 5.74) is 0. The van der Waals surface area contributed by atoms with Crippen LogP contribution in [-0.2, 0) is 9.22 Å². The molecule has 0 radical (unpaired) electrons. The molecule has 0 fully saturated rings. The molecule has 240 valence electrons. The lowest BCUT2D eigenvalue weighted by atomic mass is 10.0. The maximum Gasteiger partial charge on any atom is 0.272 e. The molecule has 1 amide bonds. The average Bonchev–Trinajstić information content (AvgIpc) is 2.97. The molecule has 43 heavy (non-hydrogen) atoms. The second-order valence-electron chi connectivity index (χ2n) is 12.7. The third-order valence-electron chi connectivity index (χ3n) is 8.06. The third kappa shape index (κ3) is 13.3. The van der Waals surface area contributed by atoms with Crippen LogP contribution in [0.2, 0.25) is 5.04 Å². The molecule has 0 unspecified atom stereocenters. The molecule has 7 heteroatoms. The van der Waals surface area contributed by atoms with Crippen molar-refractivity contribution in [1.82, 2.24) is 5.32 Å². The van der Waals surface area contributed by atoms with Gasteiger partial charge in [-0.3, -0.25) is 4.79 Å². The van der Waals surface area contributed by atoms with Crippen LogP contribution in [0.5, 0.6) is 0 Å². The van der Waals surface area contributed by atoms with E-state index in [1.54, 1.807) is 0 Å². The molecule has 0 heterocycles. The van der Waals surface area contributed by atoms with Gasteiger partial charge in [0.25, 0.3) is 18.0 Å². The van der Waals surface area contributed by atoms with Gasteiger partial charge in [-0.15, -0.1) is 0 Å². The minimum absolute atomic E-state index is 0.182. The van der Waals surface area contributed by atoms with Gasteiger partial charge in [0.2, 0.25) is 0 Å². The summed E-state index contributed by atoms with van der Waals surface area (Å²) in [6, 6.07) is 20.5. The predicted octanol–water partition coefficient (Wildman–Crippen LogP) is 10.1. The van der Waals surface area contributed by atoms with Crippen molar-refractivity contribution < 1.29 is 9.22 Å². The molecule has 2 rings (SSSR count). The molecular formula is C36H54Cl3NO2Si. The fraction of sp³-hybridized carbons (Fsp3) is 0.583. The Morgan fingerprint density at radius 1 is 0.767 bits per heavy atom. The second kappa shape index (κ2) is 20.0. The Kier molecular flexibility index (Phi) is 17.6. The van der Waals surface area contributed by atoms with E-state index in [9.17, 15) is 4.79 Å². The lowest BCUT2D eigenvalue weighted by molar-refractivity contribution is -0.120. The van der Waals surface area contributed by atoms with Crippen molar-refractivity contribution >= 4 is 59.4 Å². The van der Waals surface area contributed by atoms with Crippen molar-refractivity contribution in [1.29, 1.82) is 0 Å². The largest absolute Gasteiger partial charge is 0.405 e. The lowest BCUT2D eigenvalue weighted by Crippen LogP contribution is -2.67. The zero-order valence-corrected chi connectivity index (χ0v) is 30.1. The molecule has 0 spiro atoms. The van der Waals surface area contributed by atoms with E-state index in [-0.39, 0.29) is 11.6 Å². The molecule has 2 aromatic carbocycles. The first-order valence-corrected chi connectivity index (χ1v) is 19.4. The number of halogens is 3. The van der Waals surface area contributed by atoms with Gasteiger partial charge in [-0.25, -0.2) is 0 Å². The molecule has 3 nitrogen and oxygen atoms in total. The number of carbonyl (C=O) groups is 1. The first-order valence-electron chi connectivity index (χ1n) is 16.3. The maximum atomic E-state index is 12.7. The van der Waals surface area contributed by atoms with Gasteiger partial charge in [0.15, 0.2) is 0 Å². The molecule has 0 aliphatic carbocycles. The highest BCUT2D eigenvalue weighted by Crippen LogP contribution is 2.37. The number of hydrogen-bond acceptors (Lipinski definition) is 2. The minimum Gasteiger partial charge on any atom is -0.405 e. The van der Waals surface area contributed by atoms with E-state index < -0.39 is 24.1 Å². The van der Waals surface area contributed by atoms with Gasteiger partial charge < -0.3 is 9.74 Å². The van der Waals surface area contributed by atoms with E-state index in [1.807, 2.05) is 18.2 Å². The number of unbranched alkanes of at least 4 members (excludes halogenated alkanes) is 12. The smallest absolute Gasteiger partial charge is 0.272 e. The predicted molar refractivity (Wildman–Crippen MR) is 191 cm³/mol. The van der Waals surface area contributed by atoms with Crippen LogP contribution in [-0.4, -0.2) is 30.7 Å². The number of benzene rings is 2. The Labute approximate surface area is 278 Å². The van der Waals surface area contributed by atoms with Gasteiger partial charge in [-0.05, 0) is 28.3 Å². The number of allylic oxidation sites excluding steroid dienone is 1. The highest BCUT2D eigenvalue weighted by Gasteiger charge is 2.50. The van der Waals surface area contributed by atoms with Gasteiger partial charge in [0, 0.05) is 0 Å². The SMILES string of the molecule is CCCCCCCCCCCCCC/C=C/[C@@H](CO[Si](c1ccccc1)(c1ccccc1)C(C)(C)C)NC(=O)C(Cl)(Cl)Cl. The Morgan fingerprint density at radius 3 is 1.63 bits per heavy atom. The van der Waals surface area contributed by atoms with Gasteiger partial charge in [-0.2, -0.15) is 0 Å². The Balaban J connectivity index is 2.02. The normalized spacial score (nSPS) is 13.4. The molecule has 0 saturated carbocycles. The van der Waals surface area contributed by atoms with E-state index in [0.717, 1.165) is 12.8 Å². The van der Waals surface area contributed by atoms with Crippen LogP contribution < -0.4 is 15.7 Å². The third-order valence-corrected chi connectivity index (χ3v) is 13.6. The minimum atomic E-state index is -2.78. The van der Waals surface area contributed by atoms with Crippen molar-refractivity contribution in [3.8, 4) is 0 Å². The molecule has 1 atom stereocenters. The standard InChI is InChI=1S/C36H54Cl3NO2Si/c1-5-6-7-8-9-10-11-12-13-14-15-16-17-20-25-31(40-34(41)36(37,38)39)30-42-43(35(2,3)4,32-26-21-18-22-27-32)33-28-23-19-24-29-33/h18-29,31H,5-17,30H2,1-4H3,(H,40,41)/b25-20+/t31-/m0/s1. The van der Waals surface area contributed by atoms with Gasteiger partial charge in [-0.1, -0.05) is 206 Å². The number of carbonyl (C=O) groups excluding carboxylic acids is 1. The van der Waals surface area contributed by atoms with Crippen LogP contribution >= 0.6 is 34.8 Å². The highest BCUT2D eigenvalue weighted by molar-refractivity contribution is 6.99. The van der Waals surface area contributed by atoms with Crippen molar-refractivity contribution in [2.75, 3.05) is 6.61 Å². The number of amides is 1. The summed E-state index contributed by atoms with van der Waals surface area (Å²) in [7, 11) is -2.78. The van der Waals surface area contributed by atoms with Crippen LogP contribution in [0.25, 0.3) is 0 Å². The topological polar surface area (TPSA) is 38.3 Å². The van der Waals surface area contributed by atoms with Crippen molar-refractivity contribution in [3.05, 3.63) is 72.8 Å². The zero-order valence-electron chi connectivity index (χ0n) is 26.9.